The first-order valence-corrected chi connectivity index (χ1v) is 5.61. The van der Waals surface area contributed by atoms with Gasteiger partial charge >= 0.3 is 0 Å². The lowest BCUT2D eigenvalue weighted by Gasteiger charge is -2.19. The summed E-state index contributed by atoms with van der Waals surface area (Å²) >= 11 is 0. The van der Waals surface area contributed by atoms with E-state index in [0.717, 1.165) is 17.1 Å². The number of aromatic nitrogens is 1. The fraction of sp³-hybridized carbons (Fsp3) is 0.615. The molecule has 0 aromatic carbocycles. The predicted molar refractivity (Wildman–Crippen MR) is 61.3 cm³/mol. The molecule has 0 spiro atoms. The van der Waals surface area contributed by atoms with Crippen LogP contribution in [0.1, 0.15) is 45.0 Å². The molecule has 82 valence electrons. The molecule has 1 fully saturated rings. The minimum Gasteiger partial charge on any atom is -0.489 e. The monoisotopic (exact) mass is 205 g/mol. The first-order chi connectivity index (χ1) is 6.97. The Kier molecular flexibility index (Phi) is 2.45. The lowest BCUT2D eigenvalue weighted by atomic mass is 9.91. The zero-order chi connectivity index (χ0) is 11.1. The molecule has 1 aromatic heterocycles. The van der Waals surface area contributed by atoms with E-state index in [1.165, 1.54) is 12.8 Å². The summed E-state index contributed by atoms with van der Waals surface area (Å²) < 4.78 is 5.76. The highest BCUT2D eigenvalue weighted by Crippen LogP contribution is 2.30. The first-order valence-electron chi connectivity index (χ1n) is 5.61. The lowest BCUT2D eigenvalue weighted by Crippen LogP contribution is -2.14. The number of ether oxygens (including phenoxy) is 1. The Balaban J connectivity index is 2.21. The van der Waals surface area contributed by atoms with Gasteiger partial charge in [-0.15, -0.1) is 0 Å². The van der Waals surface area contributed by atoms with Crippen LogP contribution in [0.5, 0.6) is 5.75 Å². The molecule has 2 nitrogen and oxygen atoms in total. The molecule has 1 heterocycles. The van der Waals surface area contributed by atoms with E-state index in [-0.39, 0.29) is 5.41 Å². The highest BCUT2D eigenvalue weighted by Gasteiger charge is 2.25. The average molecular weight is 205 g/mol. The van der Waals surface area contributed by atoms with Crippen molar-refractivity contribution in [3.63, 3.8) is 0 Å². The summed E-state index contributed by atoms with van der Waals surface area (Å²) in [5, 5.41) is 0. The van der Waals surface area contributed by atoms with Crippen LogP contribution in [0.3, 0.4) is 0 Å². The van der Waals surface area contributed by atoms with Gasteiger partial charge in [-0.3, -0.25) is 4.98 Å². The molecule has 2 rings (SSSR count). The van der Waals surface area contributed by atoms with Gasteiger partial charge in [0.05, 0.1) is 11.8 Å². The number of aryl methyl sites for hydroxylation is 1. The summed E-state index contributed by atoms with van der Waals surface area (Å²) in [5.41, 5.74) is 2.25. The second-order valence-corrected chi connectivity index (χ2v) is 5.35. The summed E-state index contributed by atoms with van der Waals surface area (Å²) in [6.45, 7) is 8.55. The van der Waals surface area contributed by atoms with E-state index < -0.39 is 0 Å². The quantitative estimate of drug-likeness (QED) is 0.739. The molecule has 0 amide bonds. The van der Waals surface area contributed by atoms with Crippen molar-refractivity contribution in [2.75, 3.05) is 0 Å². The third kappa shape index (κ3) is 2.49. The van der Waals surface area contributed by atoms with Crippen LogP contribution in [-0.2, 0) is 5.41 Å². The second-order valence-electron chi connectivity index (χ2n) is 5.35. The third-order valence-electron chi connectivity index (χ3n) is 2.62. The van der Waals surface area contributed by atoms with Crippen molar-refractivity contribution in [3.05, 3.63) is 23.5 Å². The van der Waals surface area contributed by atoms with Crippen LogP contribution in [0, 0.1) is 6.92 Å². The van der Waals surface area contributed by atoms with Gasteiger partial charge in [-0.25, -0.2) is 0 Å². The number of rotatable bonds is 2. The maximum atomic E-state index is 5.76. The Morgan fingerprint density at radius 2 is 1.93 bits per heavy atom. The highest BCUT2D eigenvalue weighted by atomic mass is 16.5. The molecule has 15 heavy (non-hydrogen) atoms. The molecular formula is C13H19NO. The van der Waals surface area contributed by atoms with Gasteiger partial charge in [-0.2, -0.15) is 0 Å². The second kappa shape index (κ2) is 3.51. The lowest BCUT2D eigenvalue weighted by molar-refractivity contribution is 0.299. The average Bonchev–Trinajstić information content (AvgIpc) is 2.90. The van der Waals surface area contributed by atoms with Gasteiger partial charge in [0.15, 0.2) is 0 Å². The Labute approximate surface area is 91.7 Å². The molecule has 0 aliphatic heterocycles. The van der Waals surface area contributed by atoms with Gasteiger partial charge in [0.2, 0.25) is 0 Å². The van der Waals surface area contributed by atoms with E-state index in [1.807, 2.05) is 6.92 Å². The predicted octanol–water partition coefficient (Wildman–Crippen LogP) is 3.23. The van der Waals surface area contributed by atoms with E-state index in [2.05, 4.69) is 37.9 Å². The zero-order valence-corrected chi connectivity index (χ0v) is 10.0. The van der Waals surface area contributed by atoms with Crippen LogP contribution in [0.25, 0.3) is 0 Å². The van der Waals surface area contributed by atoms with Gasteiger partial charge in [-0.1, -0.05) is 20.8 Å². The molecule has 2 heteroatoms. The van der Waals surface area contributed by atoms with Crippen molar-refractivity contribution in [1.29, 1.82) is 0 Å². The highest BCUT2D eigenvalue weighted by molar-refractivity contribution is 5.31. The van der Waals surface area contributed by atoms with Crippen LogP contribution in [-0.4, -0.2) is 11.1 Å². The van der Waals surface area contributed by atoms with Crippen molar-refractivity contribution in [1.82, 2.24) is 4.98 Å². The molecule has 0 radical (unpaired) electrons. The van der Waals surface area contributed by atoms with Crippen LogP contribution in [0.15, 0.2) is 12.1 Å². The Bertz CT molecular complexity index is 361. The van der Waals surface area contributed by atoms with Gasteiger partial charge in [0.25, 0.3) is 0 Å². The largest absolute Gasteiger partial charge is 0.489 e. The fourth-order valence-electron chi connectivity index (χ4n) is 1.46. The van der Waals surface area contributed by atoms with Crippen molar-refractivity contribution in [2.45, 2.75) is 52.1 Å². The van der Waals surface area contributed by atoms with Crippen LogP contribution < -0.4 is 4.74 Å². The van der Waals surface area contributed by atoms with Crippen molar-refractivity contribution in [3.8, 4) is 5.75 Å². The minimum absolute atomic E-state index is 0.114. The normalized spacial score (nSPS) is 16.5. The van der Waals surface area contributed by atoms with Gasteiger partial charge in [-0.05, 0) is 31.9 Å². The van der Waals surface area contributed by atoms with E-state index in [1.54, 1.807) is 0 Å². The van der Waals surface area contributed by atoms with Gasteiger partial charge in [0, 0.05) is 11.1 Å². The summed E-state index contributed by atoms with van der Waals surface area (Å²) in [4.78, 5) is 4.60. The molecule has 0 unspecified atom stereocenters. The molecule has 1 aliphatic rings. The first kappa shape index (κ1) is 10.5. The topological polar surface area (TPSA) is 22.1 Å². The summed E-state index contributed by atoms with van der Waals surface area (Å²) in [6, 6.07) is 4.13. The maximum absolute atomic E-state index is 5.76. The molecule has 0 saturated heterocycles. The van der Waals surface area contributed by atoms with Gasteiger partial charge < -0.3 is 4.74 Å². The number of nitrogens with zero attached hydrogens (tertiary/aromatic N) is 1. The van der Waals surface area contributed by atoms with Crippen LogP contribution >= 0.6 is 0 Å². The number of hydrogen-bond donors (Lipinski definition) is 0. The smallest absolute Gasteiger partial charge is 0.140 e. The molecule has 1 aromatic rings. The molecule has 0 atom stereocenters. The summed E-state index contributed by atoms with van der Waals surface area (Å²) in [7, 11) is 0. The van der Waals surface area contributed by atoms with Gasteiger partial charge in [0.1, 0.15) is 5.75 Å². The molecule has 0 bridgehead atoms. The molecule has 1 aliphatic carbocycles. The third-order valence-corrected chi connectivity index (χ3v) is 2.62. The molecular weight excluding hydrogens is 186 g/mol. The van der Waals surface area contributed by atoms with E-state index in [9.17, 15) is 0 Å². The van der Waals surface area contributed by atoms with Crippen molar-refractivity contribution in [2.24, 2.45) is 0 Å². The Morgan fingerprint density at radius 3 is 2.40 bits per heavy atom. The SMILES string of the molecule is Cc1nc(C(C)(C)C)ccc1OC1CC1. The Morgan fingerprint density at radius 1 is 1.27 bits per heavy atom. The minimum atomic E-state index is 0.114. The maximum Gasteiger partial charge on any atom is 0.140 e. The van der Waals surface area contributed by atoms with Crippen LogP contribution in [0.4, 0.5) is 0 Å². The molecule has 0 N–H and O–H groups in total. The Hall–Kier alpha value is -1.05. The van der Waals surface area contributed by atoms with Crippen LogP contribution in [0.2, 0.25) is 0 Å². The fourth-order valence-corrected chi connectivity index (χ4v) is 1.46. The van der Waals surface area contributed by atoms with Crippen molar-refractivity contribution >= 4 is 0 Å². The number of hydrogen-bond acceptors (Lipinski definition) is 2. The van der Waals surface area contributed by atoms with Crippen molar-refractivity contribution < 1.29 is 4.74 Å². The van der Waals surface area contributed by atoms with E-state index in [4.69, 9.17) is 4.74 Å². The number of pyridine rings is 1. The zero-order valence-electron chi connectivity index (χ0n) is 10.0. The standard InChI is InChI=1S/C13H19NO/c1-9-11(15-10-5-6-10)7-8-12(14-9)13(2,3)4/h7-8,10H,5-6H2,1-4H3. The van der Waals surface area contributed by atoms with E-state index in [0.29, 0.717) is 6.10 Å². The van der Waals surface area contributed by atoms with E-state index >= 15 is 0 Å². The molecule has 1 saturated carbocycles. The summed E-state index contributed by atoms with van der Waals surface area (Å²) in [5.74, 6) is 0.950. The summed E-state index contributed by atoms with van der Waals surface area (Å²) in [6.07, 6.45) is 2.84.